The standard InChI is InChI=1S/C16H26N2O5/c1-16(2,3)23-15(20)18(4)10-6-9-17-11-12-7-8-13(22-12)14(19)21-5/h7-8,17H,6,9-11H2,1-5H3. The molecule has 23 heavy (non-hydrogen) atoms. The molecule has 0 fully saturated rings. The van der Waals surface area contributed by atoms with Gasteiger partial charge in [-0.1, -0.05) is 0 Å². The number of nitrogens with one attached hydrogen (secondary N) is 1. The molecule has 0 aliphatic rings. The van der Waals surface area contributed by atoms with Gasteiger partial charge in [0.05, 0.1) is 13.7 Å². The molecule has 0 aliphatic heterocycles. The largest absolute Gasteiger partial charge is 0.463 e. The Balaban J connectivity index is 2.21. The Kier molecular flexibility index (Phi) is 7.09. The average molecular weight is 326 g/mol. The summed E-state index contributed by atoms with van der Waals surface area (Å²) in [6, 6.07) is 3.31. The van der Waals surface area contributed by atoms with Crippen LogP contribution in [0.4, 0.5) is 4.79 Å². The molecule has 1 heterocycles. The summed E-state index contributed by atoms with van der Waals surface area (Å²) in [5.74, 6) is 0.357. The summed E-state index contributed by atoms with van der Waals surface area (Å²) in [4.78, 5) is 24.6. The molecule has 1 amide bonds. The van der Waals surface area contributed by atoms with Gasteiger partial charge in [-0.25, -0.2) is 9.59 Å². The minimum absolute atomic E-state index is 0.189. The maximum atomic E-state index is 11.8. The van der Waals surface area contributed by atoms with E-state index in [2.05, 4.69) is 10.1 Å². The molecule has 0 spiro atoms. The number of methoxy groups -OCH3 is 1. The fraction of sp³-hybridized carbons (Fsp3) is 0.625. The Bertz CT molecular complexity index is 519. The molecular weight excluding hydrogens is 300 g/mol. The summed E-state index contributed by atoms with van der Waals surface area (Å²) >= 11 is 0. The van der Waals surface area contributed by atoms with Gasteiger partial charge >= 0.3 is 12.1 Å². The van der Waals surface area contributed by atoms with Crippen molar-refractivity contribution in [2.45, 2.75) is 39.3 Å². The van der Waals surface area contributed by atoms with Crippen LogP contribution in [0, 0.1) is 0 Å². The number of furan rings is 1. The van der Waals surface area contributed by atoms with E-state index in [0.717, 1.165) is 6.42 Å². The molecule has 130 valence electrons. The second-order valence-electron chi connectivity index (χ2n) is 6.19. The second-order valence-corrected chi connectivity index (χ2v) is 6.19. The van der Waals surface area contributed by atoms with Gasteiger partial charge in [0.2, 0.25) is 5.76 Å². The number of esters is 1. The highest BCUT2D eigenvalue weighted by molar-refractivity contribution is 5.86. The Morgan fingerprint density at radius 1 is 1.30 bits per heavy atom. The minimum Gasteiger partial charge on any atom is -0.463 e. The van der Waals surface area contributed by atoms with Gasteiger partial charge in [-0.2, -0.15) is 0 Å². The Labute approximate surface area is 136 Å². The highest BCUT2D eigenvalue weighted by Gasteiger charge is 2.19. The number of amides is 1. The predicted octanol–water partition coefficient (Wildman–Crippen LogP) is 2.41. The molecule has 1 aromatic heterocycles. The number of carbonyl (C=O) groups is 2. The Morgan fingerprint density at radius 3 is 2.61 bits per heavy atom. The molecule has 1 aromatic rings. The summed E-state index contributed by atoms with van der Waals surface area (Å²) in [5.41, 5.74) is -0.486. The third-order valence-electron chi connectivity index (χ3n) is 2.90. The fourth-order valence-electron chi connectivity index (χ4n) is 1.77. The van der Waals surface area contributed by atoms with Crippen LogP contribution in [0.3, 0.4) is 0 Å². The molecule has 0 aromatic carbocycles. The zero-order valence-corrected chi connectivity index (χ0v) is 14.5. The van der Waals surface area contributed by atoms with Crippen LogP contribution in [0.5, 0.6) is 0 Å². The molecule has 0 aliphatic carbocycles. The average Bonchev–Trinajstić information content (AvgIpc) is 2.92. The summed E-state index contributed by atoms with van der Waals surface area (Å²) in [7, 11) is 3.02. The normalized spacial score (nSPS) is 11.2. The van der Waals surface area contributed by atoms with E-state index in [9.17, 15) is 9.59 Å². The van der Waals surface area contributed by atoms with Gasteiger partial charge in [0, 0.05) is 13.6 Å². The lowest BCUT2D eigenvalue weighted by Gasteiger charge is -2.24. The Hall–Kier alpha value is -2.02. The quantitative estimate of drug-likeness (QED) is 0.612. The molecule has 1 rings (SSSR count). The van der Waals surface area contributed by atoms with E-state index in [0.29, 0.717) is 25.4 Å². The van der Waals surface area contributed by atoms with Crippen molar-refractivity contribution >= 4 is 12.1 Å². The van der Waals surface area contributed by atoms with Crippen molar-refractivity contribution in [3.8, 4) is 0 Å². The summed E-state index contributed by atoms with van der Waals surface area (Å²) in [6.07, 6.45) is 0.451. The van der Waals surface area contributed by atoms with E-state index in [1.807, 2.05) is 20.8 Å². The topological polar surface area (TPSA) is 81.0 Å². The van der Waals surface area contributed by atoms with Crippen LogP contribution in [-0.2, 0) is 16.0 Å². The molecule has 0 atom stereocenters. The minimum atomic E-state index is -0.491. The van der Waals surface area contributed by atoms with Gasteiger partial charge in [0.15, 0.2) is 0 Å². The van der Waals surface area contributed by atoms with E-state index in [4.69, 9.17) is 9.15 Å². The van der Waals surface area contributed by atoms with Gasteiger partial charge in [0.1, 0.15) is 11.4 Å². The first kappa shape index (κ1) is 19.0. The van der Waals surface area contributed by atoms with Crippen LogP contribution >= 0.6 is 0 Å². The van der Waals surface area contributed by atoms with Gasteiger partial charge in [-0.05, 0) is 45.9 Å². The first-order valence-electron chi connectivity index (χ1n) is 7.55. The third-order valence-corrected chi connectivity index (χ3v) is 2.90. The first-order chi connectivity index (χ1) is 10.7. The number of carbonyl (C=O) groups excluding carboxylic acids is 2. The molecule has 1 N–H and O–H groups in total. The zero-order chi connectivity index (χ0) is 17.5. The zero-order valence-electron chi connectivity index (χ0n) is 14.5. The highest BCUT2D eigenvalue weighted by atomic mass is 16.6. The molecule has 0 unspecified atom stereocenters. The predicted molar refractivity (Wildman–Crippen MR) is 85.2 cm³/mol. The van der Waals surface area contributed by atoms with Crippen LogP contribution in [0.1, 0.15) is 43.5 Å². The highest BCUT2D eigenvalue weighted by Crippen LogP contribution is 2.10. The van der Waals surface area contributed by atoms with Crippen molar-refractivity contribution in [3.05, 3.63) is 23.7 Å². The number of ether oxygens (including phenoxy) is 2. The molecular formula is C16H26N2O5. The van der Waals surface area contributed by atoms with E-state index in [1.165, 1.54) is 7.11 Å². The van der Waals surface area contributed by atoms with Crippen molar-refractivity contribution in [2.75, 3.05) is 27.2 Å². The lowest BCUT2D eigenvalue weighted by Crippen LogP contribution is -2.35. The van der Waals surface area contributed by atoms with Crippen molar-refractivity contribution in [3.63, 3.8) is 0 Å². The molecule has 7 nitrogen and oxygen atoms in total. The second kappa shape index (κ2) is 8.57. The van der Waals surface area contributed by atoms with Crippen molar-refractivity contribution in [1.82, 2.24) is 10.2 Å². The fourth-order valence-corrected chi connectivity index (χ4v) is 1.77. The van der Waals surface area contributed by atoms with Crippen LogP contribution in [0.2, 0.25) is 0 Å². The maximum absolute atomic E-state index is 11.8. The van der Waals surface area contributed by atoms with E-state index in [1.54, 1.807) is 24.1 Å². The van der Waals surface area contributed by atoms with Crippen LogP contribution < -0.4 is 5.32 Å². The SMILES string of the molecule is COC(=O)c1ccc(CNCCCN(C)C(=O)OC(C)(C)C)o1. The lowest BCUT2D eigenvalue weighted by molar-refractivity contribution is 0.0297. The Morgan fingerprint density at radius 2 is 2.00 bits per heavy atom. The van der Waals surface area contributed by atoms with Crippen molar-refractivity contribution in [1.29, 1.82) is 0 Å². The van der Waals surface area contributed by atoms with Crippen LogP contribution in [0.15, 0.2) is 16.5 Å². The number of nitrogens with zero attached hydrogens (tertiary/aromatic N) is 1. The summed E-state index contributed by atoms with van der Waals surface area (Å²) in [6.45, 7) is 7.33. The monoisotopic (exact) mass is 326 g/mol. The molecule has 0 radical (unpaired) electrons. The maximum Gasteiger partial charge on any atom is 0.410 e. The van der Waals surface area contributed by atoms with Crippen molar-refractivity contribution in [2.24, 2.45) is 0 Å². The number of hydrogen-bond donors (Lipinski definition) is 1. The molecule has 0 saturated carbocycles. The van der Waals surface area contributed by atoms with Gasteiger partial charge in [-0.15, -0.1) is 0 Å². The van der Waals surface area contributed by atoms with E-state index < -0.39 is 11.6 Å². The molecule has 0 saturated heterocycles. The first-order valence-corrected chi connectivity index (χ1v) is 7.55. The van der Waals surface area contributed by atoms with Crippen LogP contribution in [0.25, 0.3) is 0 Å². The number of hydrogen-bond acceptors (Lipinski definition) is 6. The van der Waals surface area contributed by atoms with Gasteiger partial charge in [0.25, 0.3) is 0 Å². The van der Waals surface area contributed by atoms with E-state index in [-0.39, 0.29) is 11.9 Å². The van der Waals surface area contributed by atoms with E-state index >= 15 is 0 Å². The van der Waals surface area contributed by atoms with Crippen LogP contribution in [-0.4, -0.2) is 49.8 Å². The molecule has 7 heteroatoms. The molecule has 0 bridgehead atoms. The lowest BCUT2D eigenvalue weighted by atomic mass is 10.2. The summed E-state index contributed by atoms with van der Waals surface area (Å²) < 4.78 is 15.2. The summed E-state index contributed by atoms with van der Waals surface area (Å²) in [5, 5.41) is 3.19. The smallest absolute Gasteiger partial charge is 0.410 e. The van der Waals surface area contributed by atoms with Gasteiger partial charge < -0.3 is 24.1 Å². The number of rotatable bonds is 7. The van der Waals surface area contributed by atoms with Gasteiger partial charge in [-0.3, -0.25) is 0 Å². The van der Waals surface area contributed by atoms with Crippen molar-refractivity contribution < 1.29 is 23.5 Å². The third kappa shape index (κ3) is 7.19.